The highest BCUT2D eigenvalue weighted by Crippen LogP contribution is 2.37. The van der Waals surface area contributed by atoms with Crippen molar-refractivity contribution >= 4 is 11.9 Å². The van der Waals surface area contributed by atoms with Gasteiger partial charge in [0.15, 0.2) is 11.5 Å². The molecule has 2 rings (SSSR count). The van der Waals surface area contributed by atoms with E-state index in [1.54, 1.807) is 45.9 Å². The maximum Gasteiger partial charge on any atom is 0.340 e. The van der Waals surface area contributed by atoms with E-state index in [0.29, 0.717) is 34.0 Å². The van der Waals surface area contributed by atoms with Crippen LogP contribution < -0.4 is 9.47 Å². The van der Waals surface area contributed by atoms with Gasteiger partial charge in [-0.05, 0) is 45.4 Å². The molecule has 0 aliphatic carbocycles. The number of hydrogen-bond acceptors (Lipinski definition) is 7. The summed E-state index contributed by atoms with van der Waals surface area (Å²) in [4.78, 5) is 29.8. The van der Waals surface area contributed by atoms with Crippen molar-refractivity contribution in [3.8, 4) is 22.6 Å². The summed E-state index contributed by atoms with van der Waals surface area (Å²) in [6.07, 6.45) is 0. The Hall–Kier alpha value is -3.09. The minimum atomic E-state index is -0.553. The number of nitrogens with zero attached hydrogens (tertiary/aromatic N) is 1. The summed E-state index contributed by atoms with van der Waals surface area (Å²) < 4.78 is 21.1. The van der Waals surface area contributed by atoms with E-state index in [-0.39, 0.29) is 24.3 Å². The van der Waals surface area contributed by atoms with E-state index in [1.165, 1.54) is 14.2 Å². The molecule has 150 valence electrons. The third kappa shape index (κ3) is 4.08. The Bertz CT molecular complexity index is 849. The molecule has 28 heavy (non-hydrogen) atoms. The minimum absolute atomic E-state index is 0.201. The van der Waals surface area contributed by atoms with Gasteiger partial charge in [0, 0.05) is 5.56 Å². The van der Waals surface area contributed by atoms with Gasteiger partial charge in [-0.1, -0.05) is 6.07 Å². The predicted molar refractivity (Wildman–Crippen MR) is 104 cm³/mol. The Morgan fingerprint density at radius 3 is 1.79 bits per heavy atom. The first kappa shape index (κ1) is 21.2. The first-order chi connectivity index (χ1) is 13.4. The van der Waals surface area contributed by atoms with E-state index < -0.39 is 11.9 Å². The topological polar surface area (TPSA) is 84.0 Å². The number of carbonyl (C=O) groups excluding carboxylic acids is 2. The number of hydrogen-bond donors (Lipinski definition) is 0. The van der Waals surface area contributed by atoms with Gasteiger partial charge in [-0.15, -0.1) is 0 Å². The van der Waals surface area contributed by atoms with E-state index in [9.17, 15) is 9.59 Å². The van der Waals surface area contributed by atoms with Crippen molar-refractivity contribution in [2.24, 2.45) is 0 Å². The SMILES string of the molecule is CCOC(=O)c1c(C)nc(C)c(C(=O)OCC)c1-c1ccc(OC)c(OC)c1. The van der Waals surface area contributed by atoms with Gasteiger partial charge in [-0.25, -0.2) is 9.59 Å². The number of aromatic nitrogens is 1. The van der Waals surface area contributed by atoms with Crippen molar-refractivity contribution in [1.29, 1.82) is 0 Å². The fourth-order valence-corrected chi connectivity index (χ4v) is 3.04. The van der Waals surface area contributed by atoms with E-state index in [1.807, 2.05) is 0 Å². The Kier molecular flexibility index (Phi) is 6.98. The van der Waals surface area contributed by atoms with E-state index >= 15 is 0 Å². The van der Waals surface area contributed by atoms with Crippen LogP contribution in [0.15, 0.2) is 18.2 Å². The molecule has 0 aliphatic rings. The average Bonchev–Trinajstić information content (AvgIpc) is 2.66. The Morgan fingerprint density at radius 2 is 1.36 bits per heavy atom. The zero-order valence-electron chi connectivity index (χ0n) is 17.0. The van der Waals surface area contributed by atoms with Crippen LogP contribution in [0.5, 0.6) is 11.5 Å². The monoisotopic (exact) mass is 387 g/mol. The van der Waals surface area contributed by atoms with Gasteiger partial charge < -0.3 is 18.9 Å². The maximum atomic E-state index is 12.7. The molecule has 0 saturated heterocycles. The minimum Gasteiger partial charge on any atom is -0.493 e. The Morgan fingerprint density at radius 1 is 0.857 bits per heavy atom. The van der Waals surface area contributed by atoms with E-state index in [2.05, 4.69) is 4.98 Å². The quantitative estimate of drug-likeness (QED) is 0.669. The third-order valence-corrected chi connectivity index (χ3v) is 4.19. The summed E-state index contributed by atoms with van der Waals surface area (Å²) >= 11 is 0. The number of carbonyl (C=O) groups is 2. The fraction of sp³-hybridized carbons (Fsp3) is 0.381. The van der Waals surface area contributed by atoms with Crippen molar-refractivity contribution in [2.75, 3.05) is 27.4 Å². The van der Waals surface area contributed by atoms with Gasteiger partial charge in [0.25, 0.3) is 0 Å². The summed E-state index contributed by atoms with van der Waals surface area (Å²) in [7, 11) is 3.05. The van der Waals surface area contributed by atoms with Crippen LogP contribution in [0.2, 0.25) is 0 Å². The maximum absolute atomic E-state index is 12.7. The molecule has 0 saturated carbocycles. The number of benzene rings is 1. The lowest BCUT2D eigenvalue weighted by Crippen LogP contribution is -2.17. The first-order valence-corrected chi connectivity index (χ1v) is 8.97. The molecule has 7 heteroatoms. The molecule has 0 N–H and O–H groups in total. The van der Waals surface area contributed by atoms with Gasteiger partial charge in [0.1, 0.15) is 0 Å². The zero-order chi connectivity index (χ0) is 20.8. The molecule has 2 aromatic rings. The first-order valence-electron chi connectivity index (χ1n) is 8.97. The highest BCUT2D eigenvalue weighted by atomic mass is 16.5. The average molecular weight is 387 g/mol. The van der Waals surface area contributed by atoms with Crippen molar-refractivity contribution in [2.45, 2.75) is 27.7 Å². The largest absolute Gasteiger partial charge is 0.493 e. The molecule has 0 radical (unpaired) electrons. The van der Waals surface area contributed by atoms with Gasteiger partial charge in [0.05, 0.1) is 49.9 Å². The highest BCUT2D eigenvalue weighted by Gasteiger charge is 2.28. The van der Waals surface area contributed by atoms with Gasteiger partial charge in [0.2, 0.25) is 0 Å². The van der Waals surface area contributed by atoms with Crippen LogP contribution in [0.1, 0.15) is 46.0 Å². The van der Waals surface area contributed by atoms with Crippen LogP contribution >= 0.6 is 0 Å². The molecule has 7 nitrogen and oxygen atoms in total. The van der Waals surface area contributed by atoms with Crippen LogP contribution in [0.4, 0.5) is 0 Å². The van der Waals surface area contributed by atoms with Crippen LogP contribution in [-0.4, -0.2) is 44.4 Å². The van der Waals surface area contributed by atoms with Crippen LogP contribution in [0.3, 0.4) is 0 Å². The number of methoxy groups -OCH3 is 2. The molecule has 1 heterocycles. The molecule has 0 aliphatic heterocycles. The molecule has 0 spiro atoms. The standard InChI is InChI=1S/C21H25NO6/c1-7-27-20(23)17-12(3)22-13(4)18(21(24)28-8-2)19(17)14-9-10-15(25-5)16(11-14)26-6/h9-11H,7-8H2,1-6H3. The molecule has 0 atom stereocenters. The summed E-state index contributed by atoms with van der Waals surface area (Å²) in [5, 5.41) is 0. The fourth-order valence-electron chi connectivity index (χ4n) is 3.04. The summed E-state index contributed by atoms with van der Waals surface area (Å²) in [5.74, 6) is -0.105. The number of ether oxygens (including phenoxy) is 4. The molecule has 1 aromatic carbocycles. The van der Waals surface area contributed by atoms with Crippen molar-refractivity contribution < 1.29 is 28.5 Å². The van der Waals surface area contributed by atoms with Crippen molar-refractivity contribution in [3.63, 3.8) is 0 Å². The van der Waals surface area contributed by atoms with Crippen molar-refractivity contribution in [1.82, 2.24) is 4.98 Å². The summed E-state index contributed by atoms with van der Waals surface area (Å²) in [5.41, 5.74) is 2.38. The summed E-state index contributed by atoms with van der Waals surface area (Å²) in [6, 6.07) is 5.17. The van der Waals surface area contributed by atoms with Gasteiger partial charge in [-0.2, -0.15) is 0 Å². The normalized spacial score (nSPS) is 10.4. The number of pyridine rings is 1. The number of aryl methyl sites for hydroxylation is 2. The molecule has 0 bridgehead atoms. The Labute approximate surface area is 164 Å². The van der Waals surface area contributed by atoms with Crippen LogP contribution in [0.25, 0.3) is 11.1 Å². The smallest absolute Gasteiger partial charge is 0.340 e. The van der Waals surface area contributed by atoms with Gasteiger partial charge >= 0.3 is 11.9 Å². The molecule has 0 amide bonds. The lowest BCUT2D eigenvalue weighted by molar-refractivity contribution is 0.0525. The molecule has 0 unspecified atom stereocenters. The Balaban J connectivity index is 2.88. The lowest BCUT2D eigenvalue weighted by atomic mass is 9.92. The van der Waals surface area contributed by atoms with E-state index in [0.717, 1.165) is 0 Å². The van der Waals surface area contributed by atoms with Gasteiger partial charge in [-0.3, -0.25) is 4.98 Å². The second kappa shape index (κ2) is 9.21. The summed E-state index contributed by atoms with van der Waals surface area (Å²) in [6.45, 7) is 7.25. The lowest BCUT2D eigenvalue weighted by Gasteiger charge is -2.18. The molecular formula is C21H25NO6. The number of esters is 2. The molecular weight excluding hydrogens is 362 g/mol. The second-order valence-electron chi connectivity index (χ2n) is 5.92. The van der Waals surface area contributed by atoms with Crippen LogP contribution in [-0.2, 0) is 9.47 Å². The molecule has 0 fully saturated rings. The van der Waals surface area contributed by atoms with Crippen LogP contribution in [0, 0.1) is 13.8 Å². The zero-order valence-corrected chi connectivity index (χ0v) is 17.0. The predicted octanol–water partition coefficient (Wildman–Crippen LogP) is 3.74. The van der Waals surface area contributed by atoms with Crippen molar-refractivity contribution in [3.05, 3.63) is 40.7 Å². The highest BCUT2D eigenvalue weighted by molar-refractivity contribution is 6.07. The third-order valence-electron chi connectivity index (χ3n) is 4.19. The molecule has 1 aromatic heterocycles. The van der Waals surface area contributed by atoms with E-state index in [4.69, 9.17) is 18.9 Å². The number of rotatable bonds is 7. The second-order valence-corrected chi connectivity index (χ2v) is 5.92.